The van der Waals surface area contributed by atoms with Crippen molar-refractivity contribution >= 4 is 22.0 Å². The third-order valence-electron chi connectivity index (χ3n) is 6.53. The number of nitrogens with one attached hydrogen (secondary N) is 1. The Kier molecular flexibility index (Phi) is 8.22. The molecular formula is C28H27F4N3O3S. The van der Waals surface area contributed by atoms with E-state index in [1.54, 1.807) is 25.1 Å². The second-order valence-corrected chi connectivity index (χ2v) is 11.2. The number of aromatic nitrogens is 1. The lowest BCUT2D eigenvalue weighted by molar-refractivity contribution is -0.137. The summed E-state index contributed by atoms with van der Waals surface area (Å²) >= 11 is 0. The Morgan fingerprint density at radius 2 is 1.72 bits per heavy atom. The first-order valence-electron chi connectivity index (χ1n) is 12.3. The zero-order valence-corrected chi connectivity index (χ0v) is 21.9. The summed E-state index contributed by atoms with van der Waals surface area (Å²) in [5, 5.41) is 2.77. The van der Waals surface area contributed by atoms with Crippen molar-refractivity contribution < 1.29 is 30.8 Å². The SMILES string of the molecule is CCN(C1(C(=O)NCc2cc(-c3ccc(C(F)(F)F)cc3)ccn2)CC1)S(=O)(=O)CC=Cc1ccc(F)cc1. The van der Waals surface area contributed by atoms with Gasteiger partial charge in [-0.05, 0) is 65.9 Å². The fourth-order valence-corrected chi connectivity index (χ4v) is 6.10. The second kappa shape index (κ2) is 11.3. The number of pyridine rings is 1. The molecule has 1 fully saturated rings. The van der Waals surface area contributed by atoms with Gasteiger partial charge in [0.25, 0.3) is 0 Å². The number of hydrogen-bond donors (Lipinski definition) is 1. The van der Waals surface area contributed by atoms with Crippen molar-refractivity contribution in [2.45, 2.75) is 38.0 Å². The van der Waals surface area contributed by atoms with Crippen LogP contribution in [-0.2, 0) is 27.5 Å². The van der Waals surface area contributed by atoms with E-state index < -0.39 is 33.2 Å². The highest BCUT2D eigenvalue weighted by atomic mass is 32.2. The van der Waals surface area contributed by atoms with Crippen LogP contribution >= 0.6 is 0 Å². The van der Waals surface area contributed by atoms with E-state index in [9.17, 15) is 30.8 Å². The molecule has 1 aliphatic rings. The van der Waals surface area contributed by atoms with E-state index >= 15 is 0 Å². The number of carbonyl (C=O) groups is 1. The summed E-state index contributed by atoms with van der Waals surface area (Å²) in [7, 11) is -3.81. The van der Waals surface area contributed by atoms with Gasteiger partial charge in [0.15, 0.2) is 0 Å². The Bertz CT molecular complexity index is 1450. The lowest BCUT2D eigenvalue weighted by Gasteiger charge is -2.28. The minimum absolute atomic E-state index is 0.0249. The Morgan fingerprint density at radius 3 is 2.31 bits per heavy atom. The lowest BCUT2D eigenvalue weighted by Crippen LogP contribution is -2.52. The number of alkyl halides is 3. The zero-order chi connectivity index (χ0) is 28.3. The molecule has 1 aromatic heterocycles. The van der Waals surface area contributed by atoms with Gasteiger partial charge in [0.05, 0.1) is 23.6 Å². The molecule has 0 bridgehead atoms. The summed E-state index contributed by atoms with van der Waals surface area (Å²) < 4.78 is 79.1. The molecule has 3 aromatic rings. The smallest absolute Gasteiger partial charge is 0.349 e. The van der Waals surface area contributed by atoms with Crippen LogP contribution in [0.3, 0.4) is 0 Å². The topological polar surface area (TPSA) is 79.4 Å². The third kappa shape index (κ3) is 6.72. The predicted molar refractivity (Wildman–Crippen MR) is 140 cm³/mol. The molecule has 1 saturated carbocycles. The van der Waals surface area contributed by atoms with Crippen LogP contribution in [0.1, 0.15) is 36.6 Å². The van der Waals surface area contributed by atoms with Gasteiger partial charge in [0, 0.05) is 12.7 Å². The number of halogens is 4. The van der Waals surface area contributed by atoms with Crippen molar-refractivity contribution in [2.24, 2.45) is 0 Å². The maximum atomic E-state index is 13.2. The monoisotopic (exact) mass is 561 g/mol. The van der Waals surface area contributed by atoms with Gasteiger partial charge in [-0.25, -0.2) is 12.8 Å². The molecule has 11 heteroatoms. The fraction of sp³-hybridized carbons (Fsp3) is 0.286. The van der Waals surface area contributed by atoms with Crippen LogP contribution in [-0.4, -0.2) is 41.5 Å². The van der Waals surface area contributed by atoms with E-state index in [2.05, 4.69) is 10.3 Å². The summed E-state index contributed by atoms with van der Waals surface area (Å²) in [4.78, 5) is 17.4. The number of nitrogens with zero attached hydrogens (tertiary/aromatic N) is 2. The number of rotatable bonds is 10. The summed E-state index contributed by atoms with van der Waals surface area (Å²) in [5.74, 6) is -1.14. The Morgan fingerprint density at radius 1 is 1.05 bits per heavy atom. The standard InChI is InChI=1S/C28H27F4N3O3S/c1-2-35(39(37,38)17-3-4-20-5-11-24(29)12-6-20)27(14-15-27)26(36)34-19-25-18-22(13-16-33-25)21-7-9-23(10-8-21)28(30,31)32/h3-13,16,18H,2,14-15,17,19H2,1H3,(H,34,36). The summed E-state index contributed by atoms with van der Waals surface area (Å²) in [6.07, 6.45) is 0.885. The molecule has 0 saturated heterocycles. The lowest BCUT2D eigenvalue weighted by atomic mass is 10.0. The molecule has 0 unspecified atom stereocenters. The number of benzene rings is 2. The molecule has 206 valence electrons. The maximum Gasteiger partial charge on any atom is 0.416 e. The van der Waals surface area contributed by atoms with Gasteiger partial charge in [-0.2, -0.15) is 17.5 Å². The quantitative estimate of drug-likeness (QED) is 0.336. The fourth-order valence-electron chi connectivity index (χ4n) is 4.38. The van der Waals surface area contributed by atoms with E-state index in [-0.39, 0.29) is 24.7 Å². The van der Waals surface area contributed by atoms with Gasteiger partial charge in [-0.15, -0.1) is 0 Å². The highest BCUT2D eigenvalue weighted by Crippen LogP contribution is 2.43. The van der Waals surface area contributed by atoms with Gasteiger partial charge in [0.2, 0.25) is 15.9 Å². The molecule has 1 amide bonds. The Hall–Kier alpha value is -3.57. The van der Waals surface area contributed by atoms with Crippen LogP contribution in [0, 0.1) is 5.82 Å². The van der Waals surface area contributed by atoms with Crippen LogP contribution in [0.25, 0.3) is 17.2 Å². The number of hydrogen-bond acceptors (Lipinski definition) is 4. The minimum atomic E-state index is -4.43. The molecular weight excluding hydrogens is 534 g/mol. The van der Waals surface area contributed by atoms with Gasteiger partial charge in [-0.1, -0.05) is 43.3 Å². The number of amides is 1. The molecule has 39 heavy (non-hydrogen) atoms. The number of sulfonamides is 1. The predicted octanol–water partition coefficient (Wildman–Crippen LogP) is 5.42. The minimum Gasteiger partial charge on any atom is -0.349 e. The van der Waals surface area contributed by atoms with Crippen LogP contribution in [0.2, 0.25) is 0 Å². The molecule has 4 rings (SSSR count). The molecule has 1 N–H and O–H groups in total. The Labute approximate surface area is 224 Å². The largest absolute Gasteiger partial charge is 0.416 e. The molecule has 0 atom stereocenters. The first-order valence-corrected chi connectivity index (χ1v) is 13.9. The van der Waals surface area contributed by atoms with Crippen LogP contribution in [0.5, 0.6) is 0 Å². The van der Waals surface area contributed by atoms with Gasteiger partial charge in [0.1, 0.15) is 11.4 Å². The normalized spacial score (nSPS) is 15.0. The van der Waals surface area contributed by atoms with Gasteiger partial charge < -0.3 is 5.32 Å². The van der Waals surface area contributed by atoms with Gasteiger partial charge in [-0.3, -0.25) is 9.78 Å². The summed E-state index contributed by atoms with van der Waals surface area (Å²) in [6.45, 7) is 1.81. The average molecular weight is 562 g/mol. The molecule has 2 aromatic carbocycles. The van der Waals surface area contributed by atoms with Crippen LogP contribution < -0.4 is 5.32 Å². The highest BCUT2D eigenvalue weighted by molar-refractivity contribution is 7.89. The summed E-state index contributed by atoms with van der Waals surface area (Å²) in [5.41, 5.74) is 0.402. The zero-order valence-electron chi connectivity index (χ0n) is 21.1. The first-order chi connectivity index (χ1) is 18.4. The molecule has 0 aliphatic heterocycles. The average Bonchev–Trinajstić information content (AvgIpc) is 3.70. The summed E-state index contributed by atoms with van der Waals surface area (Å²) in [6, 6.07) is 13.7. The molecule has 0 radical (unpaired) electrons. The van der Waals surface area contributed by atoms with Crippen molar-refractivity contribution in [1.82, 2.24) is 14.6 Å². The van der Waals surface area contributed by atoms with E-state index in [4.69, 9.17) is 0 Å². The van der Waals surface area contributed by atoms with Crippen molar-refractivity contribution in [2.75, 3.05) is 12.3 Å². The van der Waals surface area contributed by atoms with Crippen molar-refractivity contribution in [3.8, 4) is 11.1 Å². The van der Waals surface area contributed by atoms with Crippen molar-refractivity contribution in [3.05, 3.63) is 95.6 Å². The molecule has 6 nitrogen and oxygen atoms in total. The number of likely N-dealkylation sites (N-methyl/N-ethyl adjacent to an activating group) is 1. The molecule has 1 heterocycles. The van der Waals surface area contributed by atoms with E-state index in [1.165, 1.54) is 53.0 Å². The molecule has 0 spiro atoms. The Balaban J connectivity index is 1.41. The second-order valence-electron chi connectivity index (χ2n) is 9.22. The third-order valence-corrected chi connectivity index (χ3v) is 8.42. The van der Waals surface area contributed by atoms with Gasteiger partial charge >= 0.3 is 6.18 Å². The highest BCUT2D eigenvalue weighted by Gasteiger charge is 2.57. The van der Waals surface area contributed by atoms with E-state index in [0.717, 1.165) is 12.1 Å². The van der Waals surface area contributed by atoms with E-state index in [1.807, 2.05) is 0 Å². The van der Waals surface area contributed by atoms with E-state index in [0.29, 0.717) is 35.2 Å². The van der Waals surface area contributed by atoms with Crippen molar-refractivity contribution in [1.29, 1.82) is 0 Å². The first kappa shape index (κ1) is 28.4. The number of carbonyl (C=O) groups excluding carboxylic acids is 1. The molecule has 1 aliphatic carbocycles. The van der Waals surface area contributed by atoms with Crippen LogP contribution in [0.15, 0.2) is 72.9 Å². The maximum absolute atomic E-state index is 13.2. The van der Waals surface area contributed by atoms with Crippen molar-refractivity contribution in [3.63, 3.8) is 0 Å². The van der Waals surface area contributed by atoms with Crippen LogP contribution in [0.4, 0.5) is 17.6 Å².